The van der Waals surface area contributed by atoms with Gasteiger partial charge in [-0.05, 0) is 50.6 Å². The monoisotopic (exact) mass is 431 g/mol. The van der Waals surface area contributed by atoms with Crippen molar-refractivity contribution >= 4 is 16.8 Å². The lowest BCUT2D eigenvalue weighted by Gasteiger charge is -2.15. The third-order valence-corrected chi connectivity index (χ3v) is 5.51. The number of methoxy groups -OCH3 is 1. The van der Waals surface area contributed by atoms with E-state index >= 15 is 0 Å². The van der Waals surface area contributed by atoms with E-state index in [-0.39, 0.29) is 11.5 Å². The molecule has 0 radical (unpaired) electrons. The van der Waals surface area contributed by atoms with E-state index in [0.717, 1.165) is 17.0 Å². The maximum absolute atomic E-state index is 13.3. The van der Waals surface area contributed by atoms with Gasteiger partial charge in [-0.2, -0.15) is 10.2 Å². The van der Waals surface area contributed by atoms with Crippen LogP contribution >= 0.6 is 0 Å². The van der Waals surface area contributed by atoms with E-state index in [2.05, 4.69) is 15.5 Å². The molecule has 0 aliphatic heterocycles. The summed E-state index contributed by atoms with van der Waals surface area (Å²) in [5.41, 5.74) is 3.29. The molecule has 164 valence electrons. The first-order chi connectivity index (χ1) is 15.4. The summed E-state index contributed by atoms with van der Waals surface area (Å²) in [5.74, 6) is 0.460. The molecule has 0 saturated carbocycles. The number of nitrogens with zero attached hydrogens (tertiary/aromatic N) is 4. The lowest BCUT2D eigenvalue weighted by Crippen LogP contribution is -2.37. The van der Waals surface area contributed by atoms with Gasteiger partial charge in [0.15, 0.2) is 0 Å². The topological polar surface area (TPSA) is 91.0 Å². The Hall–Kier alpha value is -3.94. The van der Waals surface area contributed by atoms with Crippen LogP contribution in [0.5, 0.6) is 5.75 Å². The highest BCUT2D eigenvalue weighted by Crippen LogP contribution is 2.20. The normalized spacial score (nSPS) is 12.0. The number of carbonyl (C=O) groups excluding carboxylic acids is 1. The molecule has 0 bridgehead atoms. The van der Waals surface area contributed by atoms with Gasteiger partial charge in [-0.3, -0.25) is 9.59 Å². The molecule has 0 aliphatic carbocycles. The Labute approximate surface area is 185 Å². The summed E-state index contributed by atoms with van der Waals surface area (Å²) in [6, 6.07) is 16.3. The Morgan fingerprint density at radius 1 is 1.06 bits per heavy atom. The minimum atomic E-state index is -0.775. The number of rotatable bonds is 6. The van der Waals surface area contributed by atoms with Crippen molar-refractivity contribution in [3.8, 4) is 11.4 Å². The summed E-state index contributed by atoms with van der Waals surface area (Å²) in [6.45, 7) is 5.65. The summed E-state index contributed by atoms with van der Waals surface area (Å²) in [4.78, 5) is 26.1. The summed E-state index contributed by atoms with van der Waals surface area (Å²) in [5, 5.41) is 12.4. The number of aromatic nitrogens is 4. The number of para-hydroxylation sites is 1. The van der Waals surface area contributed by atoms with E-state index in [1.807, 2.05) is 61.5 Å². The molecule has 0 aliphatic rings. The smallest absolute Gasteiger partial charge is 0.278 e. The average Bonchev–Trinajstić information content (AvgIpc) is 3.18. The van der Waals surface area contributed by atoms with Crippen LogP contribution in [0.2, 0.25) is 0 Å². The SMILES string of the molecule is COc1ccc(CNC(=O)[C@@H](C)n2nc(C)c3nn(-c4ccccc4)c(C)c3c2=O)cc1. The minimum Gasteiger partial charge on any atom is -0.497 e. The predicted molar refractivity (Wildman–Crippen MR) is 122 cm³/mol. The summed E-state index contributed by atoms with van der Waals surface area (Å²) >= 11 is 0. The van der Waals surface area contributed by atoms with Gasteiger partial charge in [-0.1, -0.05) is 30.3 Å². The molecule has 0 spiro atoms. The van der Waals surface area contributed by atoms with Crippen molar-refractivity contribution in [2.24, 2.45) is 0 Å². The fraction of sp³-hybridized carbons (Fsp3) is 0.250. The Balaban J connectivity index is 1.63. The number of amides is 1. The Bertz CT molecular complexity index is 1320. The first-order valence-electron chi connectivity index (χ1n) is 10.4. The highest BCUT2D eigenvalue weighted by molar-refractivity contribution is 5.84. The van der Waals surface area contributed by atoms with Crippen LogP contribution in [0.3, 0.4) is 0 Å². The Kier molecular flexibility index (Phi) is 5.77. The highest BCUT2D eigenvalue weighted by Gasteiger charge is 2.23. The highest BCUT2D eigenvalue weighted by atomic mass is 16.5. The fourth-order valence-electron chi connectivity index (χ4n) is 3.65. The van der Waals surface area contributed by atoms with E-state index in [4.69, 9.17) is 4.74 Å². The summed E-state index contributed by atoms with van der Waals surface area (Å²) in [7, 11) is 1.60. The van der Waals surface area contributed by atoms with E-state index in [1.165, 1.54) is 4.68 Å². The lowest BCUT2D eigenvalue weighted by molar-refractivity contribution is -0.124. The van der Waals surface area contributed by atoms with Gasteiger partial charge in [-0.15, -0.1) is 0 Å². The molecule has 2 heterocycles. The van der Waals surface area contributed by atoms with Crippen molar-refractivity contribution in [3.63, 3.8) is 0 Å². The van der Waals surface area contributed by atoms with Crippen molar-refractivity contribution in [1.29, 1.82) is 0 Å². The van der Waals surface area contributed by atoms with E-state index in [9.17, 15) is 9.59 Å². The fourth-order valence-corrected chi connectivity index (χ4v) is 3.65. The second kappa shape index (κ2) is 8.66. The standard InChI is InChI=1S/C24H25N5O3/c1-15-22-21(16(2)28(27-22)19-8-6-5-7-9-19)24(31)29(26-15)17(3)23(30)25-14-18-10-12-20(32-4)13-11-18/h5-13,17H,14H2,1-4H3,(H,25,30)/t17-/m1/s1. The number of benzene rings is 2. The van der Waals surface area contributed by atoms with Crippen LogP contribution < -0.4 is 15.6 Å². The average molecular weight is 431 g/mol. The molecule has 2 aromatic carbocycles. The van der Waals surface area contributed by atoms with Gasteiger partial charge in [0.2, 0.25) is 5.91 Å². The van der Waals surface area contributed by atoms with Crippen LogP contribution in [0.4, 0.5) is 0 Å². The molecular weight excluding hydrogens is 406 g/mol. The van der Waals surface area contributed by atoms with Gasteiger partial charge in [0.05, 0.1) is 29.6 Å². The first kappa shape index (κ1) is 21.3. The van der Waals surface area contributed by atoms with Crippen LogP contribution in [-0.4, -0.2) is 32.6 Å². The van der Waals surface area contributed by atoms with Crippen molar-refractivity contribution in [2.75, 3.05) is 7.11 Å². The van der Waals surface area contributed by atoms with Gasteiger partial charge in [0.25, 0.3) is 5.56 Å². The third-order valence-electron chi connectivity index (χ3n) is 5.51. The third kappa shape index (κ3) is 3.87. The minimum absolute atomic E-state index is 0.290. The van der Waals surface area contributed by atoms with Gasteiger partial charge in [0.1, 0.15) is 17.3 Å². The van der Waals surface area contributed by atoms with Crippen LogP contribution in [0.25, 0.3) is 16.6 Å². The molecule has 4 aromatic rings. The van der Waals surface area contributed by atoms with Gasteiger partial charge >= 0.3 is 0 Å². The Morgan fingerprint density at radius 2 is 1.75 bits per heavy atom. The summed E-state index contributed by atoms with van der Waals surface area (Å²) in [6.07, 6.45) is 0. The number of carbonyl (C=O) groups is 1. The zero-order valence-electron chi connectivity index (χ0n) is 18.5. The molecule has 1 N–H and O–H groups in total. The molecule has 0 fully saturated rings. The van der Waals surface area contributed by atoms with E-state index in [1.54, 1.807) is 25.6 Å². The summed E-state index contributed by atoms with van der Waals surface area (Å²) < 4.78 is 8.13. The Morgan fingerprint density at radius 3 is 2.41 bits per heavy atom. The second-order valence-corrected chi connectivity index (χ2v) is 7.63. The molecule has 4 rings (SSSR count). The first-order valence-corrected chi connectivity index (χ1v) is 10.4. The molecular formula is C24H25N5O3. The van der Waals surface area contributed by atoms with Gasteiger partial charge in [0, 0.05) is 6.54 Å². The van der Waals surface area contributed by atoms with Crippen molar-refractivity contribution < 1.29 is 9.53 Å². The van der Waals surface area contributed by atoms with Crippen LogP contribution in [0.15, 0.2) is 59.4 Å². The van der Waals surface area contributed by atoms with E-state index < -0.39 is 6.04 Å². The second-order valence-electron chi connectivity index (χ2n) is 7.63. The number of ether oxygens (including phenoxy) is 1. The molecule has 8 heteroatoms. The molecule has 32 heavy (non-hydrogen) atoms. The maximum Gasteiger partial charge on any atom is 0.278 e. The molecule has 2 aromatic heterocycles. The number of nitrogens with one attached hydrogen (secondary N) is 1. The quantitative estimate of drug-likeness (QED) is 0.507. The predicted octanol–water partition coefficient (Wildman–Crippen LogP) is 3.09. The molecule has 0 saturated heterocycles. The van der Waals surface area contributed by atoms with Crippen molar-refractivity contribution in [2.45, 2.75) is 33.4 Å². The van der Waals surface area contributed by atoms with Gasteiger partial charge in [-0.25, -0.2) is 9.36 Å². The number of hydrogen-bond acceptors (Lipinski definition) is 5. The molecule has 8 nitrogen and oxygen atoms in total. The molecule has 0 unspecified atom stereocenters. The zero-order valence-corrected chi connectivity index (χ0v) is 18.5. The zero-order chi connectivity index (χ0) is 22.8. The largest absolute Gasteiger partial charge is 0.497 e. The van der Waals surface area contributed by atoms with Gasteiger partial charge < -0.3 is 10.1 Å². The number of aryl methyl sites for hydroxylation is 2. The maximum atomic E-state index is 13.3. The van der Waals surface area contributed by atoms with Crippen molar-refractivity contribution in [1.82, 2.24) is 24.9 Å². The van der Waals surface area contributed by atoms with Crippen LogP contribution in [0, 0.1) is 13.8 Å². The van der Waals surface area contributed by atoms with Crippen LogP contribution in [0.1, 0.15) is 29.9 Å². The molecule has 1 atom stereocenters. The number of fused-ring (bicyclic) bond motifs is 1. The van der Waals surface area contributed by atoms with E-state index in [0.29, 0.717) is 28.8 Å². The molecule has 1 amide bonds. The van der Waals surface area contributed by atoms with Crippen LogP contribution in [-0.2, 0) is 11.3 Å². The number of hydrogen-bond donors (Lipinski definition) is 1. The van der Waals surface area contributed by atoms with Crippen molar-refractivity contribution in [3.05, 3.63) is 81.9 Å². The lowest BCUT2D eigenvalue weighted by atomic mass is 10.2.